The third kappa shape index (κ3) is 3.54. The van der Waals surface area contributed by atoms with Gasteiger partial charge in [-0.2, -0.15) is 0 Å². The van der Waals surface area contributed by atoms with E-state index in [1.54, 1.807) is 0 Å². The number of hydrogen-bond donors (Lipinski definition) is 1. The maximum Gasteiger partial charge on any atom is 0.119 e. The molecule has 0 amide bonds. The summed E-state index contributed by atoms with van der Waals surface area (Å²) in [6.07, 6.45) is 0. The highest BCUT2D eigenvalue weighted by Crippen LogP contribution is 2.28. The zero-order chi connectivity index (χ0) is 16.2. The fourth-order valence-corrected chi connectivity index (χ4v) is 2.82. The van der Waals surface area contributed by atoms with Gasteiger partial charge in [0.25, 0.3) is 0 Å². The molecule has 3 aromatic rings. The van der Waals surface area contributed by atoms with Gasteiger partial charge in [-0.15, -0.1) is 0 Å². The topological polar surface area (TPSA) is 35.2 Å². The quantitative estimate of drug-likeness (QED) is 0.678. The van der Waals surface area contributed by atoms with Crippen molar-refractivity contribution in [3.63, 3.8) is 0 Å². The molecule has 0 aliphatic carbocycles. The molecule has 0 bridgehead atoms. The molecule has 0 saturated heterocycles. The first-order valence-corrected chi connectivity index (χ1v) is 7.77. The number of ether oxygens (including phenoxy) is 1. The maximum absolute atomic E-state index is 5.84. The Balaban J connectivity index is 1.81. The highest BCUT2D eigenvalue weighted by molar-refractivity contribution is 5.71. The summed E-state index contributed by atoms with van der Waals surface area (Å²) in [5.41, 5.74) is 12.7. The number of anilines is 1. The van der Waals surface area contributed by atoms with E-state index in [1.807, 2.05) is 24.3 Å². The Morgan fingerprint density at radius 3 is 2.17 bits per heavy atom. The molecule has 0 aliphatic rings. The molecule has 116 valence electrons. The van der Waals surface area contributed by atoms with Gasteiger partial charge in [-0.05, 0) is 72.0 Å². The van der Waals surface area contributed by atoms with Gasteiger partial charge in [0.15, 0.2) is 0 Å². The van der Waals surface area contributed by atoms with Crippen LogP contribution < -0.4 is 10.5 Å². The molecule has 2 nitrogen and oxygen atoms in total. The number of nitrogens with two attached hydrogens (primary N) is 1. The average Bonchev–Trinajstić information content (AvgIpc) is 2.55. The molecular formula is C21H21NO. The van der Waals surface area contributed by atoms with E-state index in [4.69, 9.17) is 10.5 Å². The van der Waals surface area contributed by atoms with Gasteiger partial charge in [0.2, 0.25) is 0 Å². The molecule has 0 radical (unpaired) electrons. The molecule has 0 saturated carbocycles. The van der Waals surface area contributed by atoms with Crippen molar-refractivity contribution in [2.24, 2.45) is 0 Å². The van der Waals surface area contributed by atoms with E-state index in [-0.39, 0.29) is 0 Å². The Morgan fingerprint density at radius 1 is 0.826 bits per heavy atom. The third-order valence-corrected chi connectivity index (χ3v) is 3.98. The molecule has 2 N–H and O–H groups in total. The van der Waals surface area contributed by atoms with E-state index in [1.165, 1.54) is 22.3 Å². The SMILES string of the molecule is Cc1cccc(C)c1-c1cccc(COc2ccc(N)cc2)c1. The molecule has 0 heterocycles. The van der Waals surface area contributed by atoms with E-state index in [2.05, 4.69) is 56.3 Å². The summed E-state index contributed by atoms with van der Waals surface area (Å²) in [7, 11) is 0. The van der Waals surface area contributed by atoms with E-state index in [0.717, 1.165) is 17.0 Å². The van der Waals surface area contributed by atoms with Crippen LogP contribution in [0.3, 0.4) is 0 Å². The predicted molar refractivity (Wildman–Crippen MR) is 96.5 cm³/mol. The van der Waals surface area contributed by atoms with Crippen LogP contribution in [0, 0.1) is 13.8 Å². The Kier molecular flexibility index (Phi) is 4.33. The third-order valence-electron chi connectivity index (χ3n) is 3.98. The van der Waals surface area contributed by atoms with Crippen LogP contribution >= 0.6 is 0 Å². The van der Waals surface area contributed by atoms with Crippen LogP contribution in [-0.2, 0) is 6.61 Å². The first-order valence-electron chi connectivity index (χ1n) is 7.77. The smallest absolute Gasteiger partial charge is 0.119 e. The molecule has 0 fully saturated rings. The summed E-state index contributed by atoms with van der Waals surface area (Å²) in [5.74, 6) is 0.830. The standard InChI is InChI=1S/C21H21NO/c1-15-5-3-6-16(2)21(15)18-8-4-7-17(13-18)14-23-20-11-9-19(22)10-12-20/h3-13H,14,22H2,1-2H3. The molecule has 0 aromatic heterocycles. The Morgan fingerprint density at radius 2 is 1.48 bits per heavy atom. The monoisotopic (exact) mass is 303 g/mol. The lowest BCUT2D eigenvalue weighted by Crippen LogP contribution is -1.96. The van der Waals surface area contributed by atoms with Crippen LogP contribution in [-0.4, -0.2) is 0 Å². The zero-order valence-electron chi connectivity index (χ0n) is 13.5. The second-order valence-corrected chi connectivity index (χ2v) is 5.82. The van der Waals surface area contributed by atoms with E-state index >= 15 is 0 Å². The van der Waals surface area contributed by atoms with E-state index < -0.39 is 0 Å². The normalized spacial score (nSPS) is 10.5. The maximum atomic E-state index is 5.84. The molecule has 3 rings (SSSR count). The van der Waals surface area contributed by atoms with Crippen LogP contribution in [0.15, 0.2) is 66.7 Å². The summed E-state index contributed by atoms with van der Waals surface area (Å²) < 4.78 is 5.84. The zero-order valence-corrected chi connectivity index (χ0v) is 13.5. The van der Waals surface area contributed by atoms with Crippen molar-refractivity contribution in [2.75, 3.05) is 5.73 Å². The lowest BCUT2D eigenvalue weighted by Gasteiger charge is -2.12. The van der Waals surface area contributed by atoms with Crippen LogP contribution in [0.5, 0.6) is 5.75 Å². The molecule has 0 aliphatic heterocycles. The molecule has 0 spiro atoms. The van der Waals surface area contributed by atoms with Crippen LogP contribution in [0.2, 0.25) is 0 Å². The fourth-order valence-electron chi connectivity index (χ4n) is 2.82. The minimum absolute atomic E-state index is 0.544. The largest absolute Gasteiger partial charge is 0.489 e. The summed E-state index contributed by atoms with van der Waals surface area (Å²) in [4.78, 5) is 0. The lowest BCUT2D eigenvalue weighted by molar-refractivity contribution is 0.306. The summed E-state index contributed by atoms with van der Waals surface area (Å²) in [6, 6.07) is 22.4. The lowest BCUT2D eigenvalue weighted by atomic mass is 9.95. The number of rotatable bonds is 4. The van der Waals surface area contributed by atoms with Gasteiger partial charge in [0, 0.05) is 5.69 Å². The number of benzene rings is 3. The van der Waals surface area contributed by atoms with Gasteiger partial charge in [0.05, 0.1) is 0 Å². The average molecular weight is 303 g/mol. The van der Waals surface area contributed by atoms with Crippen molar-refractivity contribution in [3.8, 4) is 16.9 Å². The minimum Gasteiger partial charge on any atom is -0.489 e. The number of nitrogen functional groups attached to an aromatic ring is 1. The van der Waals surface area contributed by atoms with Crippen molar-refractivity contribution in [3.05, 3.63) is 83.4 Å². The predicted octanol–water partition coefficient (Wildman–Crippen LogP) is 5.13. The van der Waals surface area contributed by atoms with E-state index in [0.29, 0.717) is 6.61 Å². The molecule has 0 atom stereocenters. The molecular weight excluding hydrogens is 282 g/mol. The van der Waals surface area contributed by atoms with Gasteiger partial charge >= 0.3 is 0 Å². The van der Waals surface area contributed by atoms with Gasteiger partial charge in [0.1, 0.15) is 12.4 Å². The van der Waals surface area contributed by atoms with Crippen molar-refractivity contribution >= 4 is 5.69 Å². The number of aryl methyl sites for hydroxylation is 2. The Labute approximate surface area is 137 Å². The van der Waals surface area contributed by atoms with Crippen molar-refractivity contribution in [1.82, 2.24) is 0 Å². The van der Waals surface area contributed by atoms with Crippen molar-refractivity contribution in [2.45, 2.75) is 20.5 Å². The van der Waals surface area contributed by atoms with Gasteiger partial charge < -0.3 is 10.5 Å². The highest BCUT2D eigenvalue weighted by atomic mass is 16.5. The molecule has 23 heavy (non-hydrogen) atoms. The van der Waals surface area contributed by atoms with E-state index in [9.17, 15) is 0 Å². The summed E-state index contributed by atoms with van der Waals surface area (Å²) in [5, 5.41) is 0. The summed E-state index contributed by atoms with van der Waals surface area (Å²) in [6.45, 7) is 4.85. The van der Waals surface area contributed by atoms with Crippen LogP contribution in [0.25, 0.3) is 11.1 Å². The Bertz CT molecular complexity index is 786. The van der Waals surface area contributed by atoms with Crippen LogP contribution in [0.1, 0.15) is 16.7 Å². The minimum atomic E-state index is 0.544. The second-order valence-electron chi connectivity index (χ2n) is 5.82. The highest BCUT2D eigenvalue weighted by Gasteiger charge is 2.06. The van der Waals surface area contributed by atoms with Gasteiger partial charge in [-0.25, -0.2) is 0 Å². The first kappa shape index (κ1) is 15.2. The van der Waals surface area contributed by atoms with Crippen molar-refractivity contribution < 1.29 is 4.74 Å². The first-order chi connectivity index (χ1) is 11.1. The molecule has 0 unspecified atom stereocenters. The fraction of sp³-hybridized carbons (Fsp3) is 0.143. The van der Waals surface area contributed by atoms with Gasteiger partial charge in [-0.3, -0.25) is 0 Å². The number of hydrogen-bond acceptors (Lipinski definition) is 2. The molecule has 2 heteroatoms. The van der Waals surface area contributed by atoms with Gasteiger partial charge in [-0.1, -0.05) is 36.4 Å². The summed E-state index contributed by atoms with van der Waals surface area (Å²) >= 11 is 0. The van der Waals surface area contributed by atoms with Crippen LogP contribution in [0.4, 0.5) is 5.69 Å². The second kappa shape index (κ2) is 6.57. The molecule has 3 aromatic carbocycles. The Hall–Kier alpha value is -2.74. The van der Waals surface area contributed by atoms with Crippen molar-refractivity contribution in [1.29, 1.82) is 0 Å².